The molecule has 138 valence electrons. The van der Waals surface area contributed by atoms with Gasteiger partial charge in [0.2, 0.25) is 0 Å². The maximum Gasteiger partial charge on any atom is 0.347 e. The molecule has 2 rings (SSSR count). The third-order valence-corrected chi connectivity index (χ3v) is 3.66. The molecule has 1 N–H and O–H groups in total. The van der Waals surface area contributed by atoms with E-state index in [0.717, 1.165) is 5.56 Å². The molecule has 0 saturated carbocycles. The molecule has 2 aromatic rings. The summed E-state index contributed by atoms with van der Waals surface area (Å²) in [5.74, 6) is -1.16. The van der Waals surface area contributed by atoms with E-state index in [2.05, 4.69) is 5.32 Å². The Morgan fingerprint density at radius 1 is 1.19 bits per heavy atom. The van der Waals surface area contributed by atoms with Gasteiger partial charge in [0.15, 0.2) is 12.7 Å². The second-order valence-electron chi connectivity index (χ2n) is 5.55. The largest absolute Gasteiger partial charge is 0.479 e. The van der Waals surface area contributed by atoms with Crippen LogP contribution < -0.4 is 10.1 Å². The molecule has 5 nitrogen and oxygen atoms in total. The van der Waals surface area contributed by atoms with Crippen LogP contribution in [0.5, 0.6) is 5.75 Å². The smallest absolute Gasteiger partial charge is 0.347 e. The van der Waals surface area contributed by atoms with Crippen LogP contribution in [-0.4, -0.2) is 31.1 Å². The lowest BCUT2D eigenvalue weighted by Crippen LogP contribution is -2.33. The lowest BCUT2D eigenvalue weighted by Gasteiger charge is -2.14. The van der Waals surface area contributed by atoms with Crippen molar-refractivity contribution in [3.8, 4) is 5.75 Å². The van der Waals surface area contributed by atoms with Gasteiger partial charge in [0.1, 0.15) is 11.6 Å². The van der Waals surface area contributed by atoms with Gasteiger partial charge in [0.05, 0.1) is 0 Å². The van der Waals surface area contributed by atoms with E-state index in [1.807, 2.05) is 18.2 Å². The van der Waals surface area contributed by atoms with Crippen molar-refractivity contribution in [2.24, 2.45) is 0 Å². The van der Waals surface area contributed by atoms with Crippen molar-refractivity contribution in [1.82, 2.24) is 5.32 Å². The number of nitrogens with one attached hydrogen (secondary N) is 1. The molecule has 0 aliphatic heterocycles. The van der Waals surface area contributed by atoms with Crippen molar-refractivity contribution in [3.63, 3.8) is 0 Å². The highest BCUT2D eigenvalue weighted by Gasteiger charge is 2.17. The Hall–Kier alpha value is -2.60. The zero-order valence-electron chi connectivity index (χ0n) is 14.2. The van der Waals surface area contributed by atoms with E-state index in [4.69, 9.17) is 21.1 Å². The SMILES string of the molecule is C[C@H](Oc1ccc(F)cc1)C(=O)OCC(=O)NCCc1cccc(Cl)c1. The first-order valence-corrected chi connectivity index (χ1v) is 8.42. The molecule has 0 aliphatic carbocycles. The van der Waals surface area contributed by atoms with Gasteiger partial charge in [-0.15, -0.1) is 0 Å². The number of ether oxygens (including phenoxy) is 2. The Morgan fingerprint density at radius 2 is 1.92 bits per heavy atom. The molecule has 1 atom stereocenters. The maximum atomic E-state index is 12.8. The van der Waals surface area contributed by atoms with E-state index in [0.29, 0.717) is 23.7 Å². The monoisotopic (exact) mass is 379 g/mol. The van der Waals surface area contributed by atoms with Crippen molar-refractivity contribution in [3.05, 3.63) is 64.9 Å². The minimum absolute atomic E-state index is 0.335. The van der Waals surface area contributed by atoms with E-state index in [9.17, 15) is 14.0 Å². The molecule has 0 bridgehead atoms. The van der Waals surface area contributed by atoms with Gasteiger partial charge in [0, 0.05) is 11.6 Å². The van der Waals surface area contributed by atoms with Crippen LogP contribution in [0.4, 0.5) is 4.39 Å². The van der Waals surface area contributed by atoms with E-state index in [1.165, 1.54) is 31.2 Å². The quantitative estimate of drug-likeness (QED) is 0.716. The van der Waals surface area contributed by atoms with Gasteiger partial charge in [-0.3, -0.25) is 4.79 Å². The van der Waals surface area contributed by atoms with Crippen molar-refractivity contribution in [2.75, 3.05) is 13.2 Å². The van der Waals surface area contributed by atoms with Crippen molar-refractivity contribution in [1.29, 1.82) is 0 Å². The second kappa shape index (κ2) is 9.77. The van der Waals surface area contributed by atoms with Crippen molar-refractivity contribution < 1.29 is 23.5 Å². The fourth-order valence-corrected chi connectivity index (χ4v) is 2.32. The number of amides is 1. The molecule has 7 heteroatoms. The number of halogens is 2. The first kappa shape index (κ1) is 19.7. The van der Waals surface area contributed by atoms with E-state index in [1.54, 1.807) is 6.07 Å². The molecule has 0 aromatic heterocycles. The highest BCUT2D eigenvalue weighted by Crippen LogP contribution is 2.13. The molecule has 0 radical (unpaired) electrons. The van der Waals surface area contributed by atoms with Gasteiger partial charge in [-0.05, 0) is 55.3 Å². The van der Waals surface area contributed by atoms with Gasteiger partial charge in [-0.2, -0.15) is 0 Å². The number of hydrogen-bond acceptors (Lipinski definition) is 4. The Balaban J connectivity index is 1.67. The van der Waals surface area contributed by atoms with Crippen LogP contribution >= 0.6 is 11.6 Å². The van der Waals surface area contributed by atoms with Crippen LogP contribution in [0.3, 0.4) is 0 Å². The average molecular weight is 380 g/mol. The van der Waals surface area contributed by atoms with E-state index in [-0.39, 0.29) is 0 Å². The average Bonchev–Trinajstić information content (AvgIpc) is 2.61. The zero-order valence-corrected chi connectivity index (χ0v) is 15.0. The van der Waals surface area contributed by atoms with Gasteiger partial charge >= 0.3 is 5.97 Å². The first-order valence-electron chi connectivity index (χ1n) is 8.04. The van der Waals surface area contributed by atoms with Crippen molar-refractivity contribution in [2.45, 2.75) is 19.4 Å². The second-order valence-corrected chi connectivity index (χ2v) is 5.99. The van der Waals surface area contributed by atoms with Gasteiger partial charge in [-0.1, -0.05) is 23.7 Å². The molecule has 26 heavy (non-hydrogen) atoms. The zero-order chi connectivity index (χ0) is 18.9. The first-order chi connectivity index (χ1) is 12.4. The number of rotatable bonds is 8. The number of carbonyl (C=O) groups excluding carboxylic acids is 2. The lowest BCUT2D eigenvalue weighted by molar-refractivity contribution is -0.154. The molecule has 0 unspecified atom stereocenters. The molecule has 0 fully saturated rings. The lowest BCUT2D eigenvalue weighted by atomic mass is 10.1. The molecular weight excluding hydrogens is 361 g/mol. The summed E-state index contributed by atoms with van der Waals surface area (Å²) in [5.41, 5.74) is 0.996. The van der Waals surface area contributed by atoms with Crippen LogP contribution in [0.2, 0.25) is 5.02 Å². The predicted molar refractivity (Wildman–Crippen MR) is 95.6 cm³/mol. The number of carbonyl (C=O) groups is 2. The summed E-state index contributed by atoms with van der Waals surface area (Å²) in [7, 11) is 0. The Morgan fingerprint density at radius 3 is 2.62 bits per heavy atom. The Kier molecular flexibility index (Phi) is 7.41. The molecular formula is C19H19ClFNO4. The topological polar surface area (TPSA) is 64.6 Å². The van der Waals surface area contributed by atoms with Gasteiger partial charge in [0.25, 0.3) is 5.91 Å². The van der Waals surface area contributed by atoms with Gasteiger partial charge in [-0.25, -0.2) is 9.18 Å². The summed E-state index contributed by atoms with van der Waals surface area (Å²) < 4.78 is 23.1. The van der Waals surface area contributed by atoms with Crippen LogP contribution in [0.15, 0.2) is 48.5 Å². The molecule has 0 saturated heterocycles. The number of hydrogen-bond donors (Lipinski definition) is 1. The predicted octanol–water partition coefficient (Wildman–Crippen LogP) is 3.15. The summed E-state index contributed by atoms with van der Waals surface area (Å²) in [6.07, 6.45) is -0.302. The molecule has 2 aromatic carbocycles. The highest BCUT2D eigenvalue weighted by atomic mass is 35.5. The summed E-state index contributed by atoms with van der Waals surface area (Å²) in [4.78, 5) is 23.6. The third kappa shape index (κ3) is 6.72. The summed E-state index contributed by atoms with van der Waals surface area (Å²) in [6, 6.07) is 12.6. The number of esters is 1. The summed E-state index contributed by atoms with van der Waals surface area (Å²) >= 11 is 5.89. The van der Waals surface area contributed by atoms with Crippen LogP contribution in [-0.2, 0) is 20.7 Å². The van der Waals surface area contributed by atoms with Crippen molar-refractivity contribution >= 4 is 23.5 Å². The maximum absolute atomic E-state index is 12.8. The Bertz CT molecular complexity index is 751. The van der Waals surface area contributed by atoms with E-state index < -0.39 is 30.4 Å². The molecule has 0 spiro atoms. The van der Waals surface area contributed by atoms with Crippen LogP contribution in [0.1, 0.15) is 12.5 Å². The van der Waals surface area contributed by atoms with Crippen LogP contribution in [0, 0.1) is 5.82 Å². The Labute approximate surface area is 156 Å². The fraction of sp³-hybridized carbons (Fsp3) is 0.263. The third-order valence-electron chi connectivity index (χ3n) is 3.43. The normalized spacial score (nSPS) is 11.5. The highest BCUT2D eigenvalue weighted by molar-refractivity contribution is 6.30. The van der Waals surface area contributed by atoms with Crippen LogP contribution in [0.25, 0.3) is 0 Å². The summed E-state index contributed by atoms with van der Waals surface area (Å²) in [5, 5.41) is 3.30. The fourth-order valence-electron chi connectivity index (χ4n) is 2.11. The number of benzene rings is 2. The molecule has 0 heterocycles. The molecule has 1 amide bonds. The minimum atomic E-state index is -0.917. The summed E-state index contributed by atoms with van der Waals surface area (Å²) in [6.45, 7) is 1.49. The standard InChI is InChI=1S/C19H19ClFNO4/c1-13(26-17-7-5-16(21)6-8-17)19(24)25-12-18(23)22-10-9-14-3-2-4-15(20)11-14/h2-8,11,13H,9-10,12H2,1H3,(H,22,23)/t13-/m0/s1. The molecule has 0 aliphatic rings. The van der Waals surface area contributed by atoms with Gasteiger partial charge < -0.3 is 14.8 Å². The minimum Gasteiger partial charge on any atom is -0.479 e. The van der Waals surface area contributed by atoms with E-state index >= 15 is 0 Å².